The maximum atomic E-state index is 12.9. The normalized spacial score (nSPS) is 11.8. The van der Waals surface area contributed by atoms with Crippen molar-refractivity contribution in [1.29, 1.82) is 0 Å². The van der Waals surface area contributed by atoms with E-state index in [4.69, 9.17) is 4.74 Å². The van der Waals surface area contributed by atoms with Crippen molar-refractivity contribution >= 4 is 33.4 Å². The highest BCUT2D eigenvalue weighted by Gasteiger charge is 2.18. The SMILES string of the molecule is CCC(C)NC(=O)c1ccccc1NC(=O)c1cc(Br)ccc1OC(C)C. The van der Waals surface area contributed by atoms with Gasteiger partial charge in [-0.2, -0.15) is 0 Å². The Bertz CT molecular complexity index is 821. The fourth-order valence-electron chi connectivity index (χ4n) is 2.42. The van der Waals surface area contributed by atoms with Crippen LogP contribution in [0.15, 0.2) is 46.9 Å². The summed E-state index contributed by atoms with van der Waals surface area (Å²) in [5.74, 6) is -0.0591. The van der Waals surface area contributed by atoms with Crippen LogP contribution in [0.1, 0.15) is 54.8 Å². The summed E-state index contributed by atoms with van der Waals surface area (Å²) in [6.45, 7) is 7.74. The van der Waals surface area contributed by atoms with Crippen LogP contribution in [0.4, 0.5) is 5.69 Å². The summed E-state index contributed by atoms with van der Waals surface area (Å²) in [5.41, 5.74) is 1.28. The molecule has 0 aliphatic rings. The first kappa shape index (κ1) is 21.0. The fraction of sp³-hybridized carbons (Fsp3) is 0.333. The quantitative estimate of drug-likeness (QED) is 0.645. The molecule has 2 aromatic carbocycles. The van der Waals surface area contributed by atoms with Gasteiger partial charge in [0.25, 0.3) is 11.8 Å². The predicted molar refractivity (Wildman–Crippen MR) is 112 cm³/mol. The molecular weight excluding hydrogens is 408 g/mol. The van der Waals surface area contributed by atoms with Gasteiger partial charge in [-0.15, -0.1) is 0 Å². The maximum absolute atomic E-state index is 12.9. The average molecular weight is 433 g/mol. The van der Waals surface area contributed by atoms with E-state index < -0.39 is 0 Å². The fourth-order valence-corrected chi connectivity index (χ4v) is 2.78. The van der Waals surface area contributed by atoms with Crippen LogP contribution in [-0.4, -0.2) is 24.0 Å². The summed E-state index contributed by atoms with van der Waals surface area (Å²) in [6, 6.07) is 12.3. The summed E-state index contributed by atoms with van der Waals surface area (Å²) >= 11 is 3.39. The van der Waals surface area contributed by atoms with Crippen LogP contribution in [-0.2, 0) is 0 Å². The minimum absolute atomic E-state index is 0.0531. The summed E-state index contributed by atoms with van der Waals surface area (Å²) in [4.78, 5) is 25.4. The molecule has 0 aliphatic carbocycles. The zero-order chi connectivity index (χ0) is 20.0. The van der Waals surface area contributed by atoms with Gasteiger partial charge in [0.1, 0.15) is 5.75 Å². The molecule has 0 radical (unpaired) electrons. The molecule has 2 rings (SSSR count). The lowest BCUT2D eigenvalue weighted by Crippen LogP contribution is -2.32. The van der Waals surface area contributed by atoms with E-state index in [-0.39, 0.29) is 24.0 Å². The zero-order valence-corrected chi connectivity index (χ0v) is 17.6. The van der Waals surface area contributed by atoms with Gasteiger partial charge in [0.05, 0.1) is 22.9 Å². The molecule has 144 valence electrons. The van der Waals surface area contributed by atoms with Crippen LogP contribution >= 0.6 is 15.9 Å². The molecule has 0 saturated carbocycles. The van der Waals surface area contributed by atoms with E-state index in [1.165, 1.54) is 0 Å². The van der Waals surface area contributed by atoms with E-state index in [0.29, 0.717) is 22.6 Å². The highest BCUT2D eigenvalue weighted by Crippen LogP contribution is 2.26. The molecule has 27 heavy (non-hydrogen) atoms. The molecule has 0 heterocycles. The maximum Gasteiger partial charge on any atom is 0.259 e. The van der Waals surface area contributed by atoms with Crippen molar-refractivity contribution in [1.82, 2.24) is 5.32 Å². The van der Waals surface area contributed by atoms with Crippen molar-refractivity contribution in [2.24, 2.45) is 0 Å². The second-order valence-electron chi connectivity index (χ2n) is 6.59. The molecular formula is C21H25BrN2O3. The Morgan fingerprint density at radius 2 is 1.74 bits per heavy atom. The van der Waals surface area contributed by atoms with Crippen LogP contribution in [0, 0.1) is 0 Å². The summed E-state index contributed by atoms with van der Waals surface area (Å²) in [5, 5.41) is 5.76. The third-order valence-corrected chi connectivity index (χ3v) is 4.45. The Balaban J connectivity index is 2.29. The lowest BCUT2D eigenvalue weighted by molar-refractivity contribution is 0.0940. The van der Waals surface area contributed by atoms with Gasteiger partial charge in [-0.25, -0.2) is 0 Å². The van der Waals surface area contributed by atoms with Gasteiger partial charge in [0.2, 0.25) is 0 Å². The number of benzene rings is 2. The zero-order valence-electron chi connectivity index (χ0n) is 16.0. The summed E-state index contributed by atoms with van der Waals surface area (Å²) < 4.78 is 6.51. The van der Waals surface area contributed by atoms with E-state index in [0.717, 1.165) is 10.9 Å². The number of carbonyl (C=O) groups excluding carboxylic acids is 2. The van der Waals surface area contributed by atoms with Gasteiger partial charge < -0.3 is 15.4 Å². The van der Waals surface area contributed by atoms with E-state index >= 15 is 0 Å². The summed E-state index contributed by atoms with van der Waals surface area (Å²) in [6.07, 6.45) is 0.764. The number of nitrogens with one attached hydrogen (secondary N) is 2. The second-order valence-corrected chi connectivity index (χ2v) is 7.51. The van der Waals surface area contributed by atoms with Gasteiger partial charge in [0, 0.05) is 10.5 Å². The topological polar surface area (TPSA) is 67.4 Å². The van der Waals surface area contributed by atoms with Crippen molar-refractivity contribution in [3.63, 3.8) is 0 Å². The van der Waals surface area contributed by atoms with E-state index in [1.54, 1.807) is 36.4 Å². The molecule has 6 heteroatoms. The number of anilines is 1. The first-order chi connectivity index (χ1) is 12.8. The molecule has 0 aromatic heterocycles. The first-order valence-electron chi connectivity index (χ1n) is 8.99. The van der Waals surface area contributed by atoms with E-state index in [1.807, 2.05) is 33.8 Å². The Kier molecular flexibility index (Phi) is 7.42. The lowest BCUT2D eigenvalue weighted by Gasteiger charge is -2.17. The third kappa shape index (κ3) is 5.82. The Morgan fingerprint density at radius 3 is 2.41 bits per heavy atom. The van der Waals surface area contributed by atoms with E-state index in [2.05, 4.69) is 26.6 Å². The van der Waals surface area contributed by atoms with Gasteiger partial charge in [-0.3, -0.25) is 9.59 Å². The Morgan fingerprint density at radius 1 is 1.04 bits per heavy atom. The molecule has 2 aromatic rings. The van der Waals surface area contributed by atoms with Crippen molar-refractivity contribution in [2.45, 2.75) is 46.3 Å². The smallest absolute Gasteiger partial charge is 0.259 e. The van der Waals surface area contributed by atoms with E-state index in [9.17, 15) is 9.59 Å². The van der Waals surface area contributed by atoms with Crippen molar-refractivity contribution < 1.29 is 14.3 Å². The summed E-state index contributed by atoms with van der Waals surface area (Å²) in [7, 11) is 0. The minimum Gasteiger partial charge on any atom is -0.490 e. The van der Waals surface area contributed by atoms with Gasteiger partial charge in [-0.05, 0) is 57.5 Å². The highest BCUT2D eigenvalue weighted by atomic mass is 79.9. The van der Waals surface area contributed by atoms with Crippen LogP contribution in [0.3, 0.4) is 0 Å². The first-order valence-corrected chi connectivity index (χ1v) is 9.78. The number of hydrogen-bond donors (Lipinski definition) is 2. The van der Waals surface area contributed by atoms with Gasteiger partial charge in [-0.1, -0.05) is 35.0 Å². The van der Waals surface area contributed by atoms with Crippen molar-refractivity contribution in [3.8, 4) is 5.75 Å². The lowest BCUT2D eigenvalue weighted by atomic mass is 10.1. The molecule has 0 aliphatic heterocycles. The number of hydrogen-bond acceptors (Lipinski definition) is 3. The highest BCUT2D eigenvalue weighted by molar-refractivity contribution is 9.10. The average Bonchev–Trinajstić information content (AvgIpc) is 2.63. The van der Waals surface area contributed by atoms with Crippen LogP contribution in [0.2, 0.25) is 0 Å². The van der Waals surface area contributed by atoms with Crippen LogP contribution in [0.5, 0.6) is 5.75 Å². The molecule has 0 fully saturated rings. The molecule has 0 bridgehead atoms. The van der Waals surface area contributed by atoms with Gasteiger partial charge >= 0.3 is 0 Å². The second kappa shape index (κ2) is 9.55. The third-order valence-electron chi connectivity index (χ3n) is 3.96. The number of ether oxygens (including phenoxy) is 1. The van der Waals surface area contributed by atoms with Crippen LogP contribution in [0.25, 0.3) is 0 Å². The standard InChI is InChI=1S/C21H25BrN2O3/c1-5-14(4)23-20(25)16-8-6-7-9-18(16)24-21(26)17-12-15(22)10-11-19(17)27-13(2)3/h6-14H,5H2,1-4H3,(H,23,25)(H,24,26). The molecule has 5 nitrogen and oxygen atoms in total. The van der Waals surface area contributed by atoms with Crippen molar-refractivity contribution in [2.75, 3.05) is 5.32 Å². The number of amides is 2. The van der Waals surface area contributed by atoms with Gasteiger partial charge in [0.15, 0.2) is 0 Å². The monoisotopic (exact) mass is 432 g/mol. The minimum atomic E-state index is -0.337. The number of carbonyl (C=O) groups is 2. The molecule has 2 N–H and O–H groups in total. The van der Waals surface area contributed by atoms with Crippen LogP contribution < -0.4 is 15.4 Å². The predicted octanol–water partition coefficient (Wildman–Crippen LogP) is 5.02. The molecule has 2 amide bonds. The molecule has 0 spiro atoms. The van der Waals surface area contributed by atoms with Crippen molar-refractivity contribution in [3.05, 3.63) is 58.1 Å². The number of rotatable bonds is 7. The molecule has 0 saturated heterocycles. The number of para-hydroxylation sites is 1. The Hall–Kier alpha value is -2.34. The molecule has 1 atom stereocenters. The number of halogens is 1. The Labute approximate surface area is 168 Å². The largest absolute Gasteiger partial charge is 0.490 e. The molecule has 1 unspecified atom stereocenters.